The molecule has 212 valence electrons. The smallest absolute Gasteiger partial charge is 0.493 e. The van der Waals surface area contributed by atoms with Gasteiger partial charge in [-0.05, 0) is 42.8 Å². The Morgan fingerprint density at radius 2 is 1.68 bits per heavy atom. The molecule has 0 unspecified atom stereocenters. The number of hydrogen-bond donors (Lipinski definition) is 2. The molecule has 1 saturated heterocycles. The molecule has 0 spiro atoms. The maximum Gasteiger partial charge on any atom is 0.493 e. The summed E-state index contributed by atoms with van der Waals surface area (Å²) in [5, 5.41) is 11.9. The van der Waals surface area contributed by atoms with Gasteiger partial charge in [0.2, 0.25) is 5.91 Å². The summed E-state index contributed by atoms with van der Waals surface area (Å²) in [7, 11) is 6.57. The Balaban J connectivity index is 1.44. The van der Waals surface area contributed by atoms with Crippen molar-refractivity contribution in [2.24, 2.45) is 4.99 Å². The van der Waals surface area contributed by atoms with Gasteiger partial charge in [0.25, 0.3) is 0 Å². The molecule has 4 aromatic rings. The SMILES string of the molecule is COB(OC)c1ccc2c(C(=Nc3ccc(N(C)C(=O)CN4CCN(C)CC4)cc3)c3ccccc3)c(O)[nH]c2c1. The quantitative estimate of drug-likeness (QED) is 0.244. The lowest BCUT2D eigenvalue weighted by atomic mass is 9.78. The van der Waals surface area contributed by atoms with Gasteiger partial charge in [-0.15, -0.1) is 0 Å². The fraction of sp³-hybridized carbons (Fsp3) is 0.290. The first-order chi connectivity index (χ1) is 19.9. The van der Waals surface area contributed by atoms with Gasteiger partial charge in [0.1, 0.15) is 0 Å². The van der Waals surface area contributed by atoms with Crippen LogP contribution in [0.5, 0.6) is 5.88 Å². The largest absolute Gasteiger partial charge is 0.494 e. The highest BCUT2D eigenvalue weighted by Crippen LogP contribution is 2.31. The molecule has 41 heavy (non-hydrogen) atoms. The van der Waals surface area contributed by atoms with Crippen LogP contribution in [-0.2, 0) is 14.1 Å². The predicted octanol–water partition coefficient (Wildman–Crippen LogP) is 3.24. The van der Waals surface area contributed by atoms with E-state index in [-0.39, 0.29) is 11.8 Å². The molecule has 1 aromatic heterocycles. The van der Waals surface area contributed by atoms with E-state index in [0.29, 0.717) is 23.5 Å². The van der Waals surface area contributed by atoms with Crippen molar-refractivity contribution >= 4 is 46.5 Å². The van der Waals surface area contributed by atoms with Crippen molar-refractivity contribution in [3.05, 3.63) is 83.9 Å². The maximum absolute atomic E-state index is 13.0. The number of nitrogens with one attached hydrogen (secondary N) is 1. The van der Waals surface area contributed by atoms with Crippen LogP contribution in [-0.4, -0.2) is 99.7 Å². The number of aromatic hydroxyl groups is 1. The summed E-state index contributed by atoms with van der Waals surface area (Å²) in [5.41, 5.74) is 5.18. The number of fused-ring (bicyclic) bond motifs is 1. The van der Waals surface area contributed by atoms with Gasteiger partial charge in [0.15, 0.2) is 5.88 Å². The molecule has 2 heterocycles. The predicted molar refractivity (Wildman–Crippen MR) is 165 cm³/mol. The van der Waals surface area contributed by atoms with Gasteiger partial charge >= 0.3 is 7.12 Å². The summed E-state index contributed by atoms with van der Waals surface area (Å²) in [4.78, 5) is 27.2. The Bertz CT molecular complexity index is 1510. The van der Waals surface area contributed by atoms with E-state index in [1.165, 1.54) is 0 Å². The van der Waals surface area contributed by atoms with E-state index in [0.717, 1.165) is 53.8 Å². The average Bonchev–Trinajstić information content (AvgIpc) is 3.32. The van der Waals surface area contributed by atoms with E-state index in [9.17, 15) is 9.90 Å². The molecule has 2 N–H and O–H groups in total. The second kappa shape index (κ2) is 12.7. The number of carbonyl (C=O) groups excluding carboxylic acids is 1. The van der Waals surface area contributed by atoms with Crippen LogP contribution in [0.25, 0.3) is 10.9 Å². The van der Waals surface area contributed by atoms with Crippen molar-refractivity contribution in [3.63, 3.8) is 0 Å². The topological polar surface area (TPSA) is 93.6 Å². The number of hydrogen-bond acceptors (Lipinski definition) is 7. The fourth-order valence-corrected chi connectivity index (χ4v) is 5.14. The second-order valence-electron chi connectivity index (χ2n) is 10.3. The third-order valence-electron chi connectivity index (χ3n) is 7.59. The number of rotatable bonds is 9. The standard InChI is InChI=1S/C31H36BN5O4/c1-35-16-18-37(19-17-35)21-28(38)36(2)25-13-11-24(12-14-25)33-30(22-8-6-5-7-9-22)29-26-15-10-23(32(40-3)41-4)20-27(26)34-31(29)39/h5-15,20,34,39H,16-19,21H2,1-4H3. The Morgan fingerprint density at radius 1 is 1.00 bits per heavy atom. The summed E-state index contributed by atoms with van der Waals surface area (Å²) in [6.45, 7) is 4.14. The van der Waals surface area contributed by atoms with Crippen LogP contribution >= 0.6 is 0 Å². The number of aromatic nitrogens is 1. The normalized spacial score (nSPS) is 14.9. The number of carbonyl (C=O) groups is 1. The van der Waals surface area contributed by atoms with Gasteiger partial charge in [-0.1, -0.05) is 42.5 Å². The van der Waals surface area contributed by atoms with Crippen LogP contribution < -0.4 is 10.4 Å². The molecule has 1 fully saturated rings. The summed E-state index contributed by atoms with van der Waals surface area (Å²) in [6, 6.07) is 23.1. The molecule has 0 radical (unpaired) electrons. The van der Waals surface area contributed by atoms with E-state index in [1.54, 1.807) is 19.1 Å². The maximum atomic E-state index is 13.0. The van der Waals surface area contributed by atoms with Crippen molar-refractivity contribution in [2.75, 3.05) is 65.9 Å². The fourth-order valence-electron chi connectivity index (χ4n) is 5.14. The number of aliphatic imine (C=N–C) groups is 1. The first-order valence-corrected chi connectivity index (χ1v) is 13.7. The van der Waals surface area contributed by atoms with Crippen LogP contribution in [0.4, 0.5) is 11.4 Å². The molecule has 9 nitrogen and oxygen atoms in total. The van der Waals surface area contributed by atoms with Crippen molar-refractivity contribution in [2.45, 2.75) is 0 Å². The lowest BCUT2D eigenvalue weighted by Crippen LogP contribution is -2.48. The number of anilines is 1. The Hall–Kier alpha value is -3.96. The van der Waals surface area contributed by atoms with Crippen LogP contribution in [0.1, 0.15) is 11.1 Å². The first-order valence-electron chi connectivity index (χ1n) is 13.7. The van der Waals surface area contributed by atoms with Gasteiger partial charge < -0.3 is 29.2 Å². The zero-order valence-corrected chi connectivity index (χ0v) is 24.0. The van der Waals surface area contributed by atoms with Crippen LogP contribution in [0.15, 0.2) is 77.8 Å². The van der Waals surface area contributed by atoms with E-state index in [4.69, 9.17) is 14.3 Å². The molecule has 0 bridgehead atoms. The Labute approximate surface area is 241 Å². The molecule has 3 aromatic carbocycles. The van der Waals surface area contributed by atoms with Gasteiger partial charge in [-0.3, -0.25) is 9.69 Å². The highest BCUT2D eigenvalue weighted by Gasteiger charge is 2.23. The van der Waals surface area contributed by atoms with E-state index in [1.807, 2.05) is 79.8 Å². The number of likely N-dealkylation sites (N-methyl/N-ethyl adjacent to an activating group) is 2. The van der Waals surface area contributed by atoms with E-state index in [2.05, 4.69) is 21.8 Å². The van der Waals surface area contributed by atoms with Crippen molar-refractivity contribution in [1.29, 1.82) is 0 Å². The molecule has 5 rings (SSSR count). The zero-order valence-electron chi connectivity index (χ0n) is 24.0. The molecule has 0 aliphatic carbocycles. The molecule has 1 aliphatic heterocycles. The van der Waals surface area contributed by atoms with Gasteiger partial charge in [-0.2, -0.15) is 0 Å². The highest BCUT2D eigenvalue weighted by atomic mass is 16.6. The third kappa shape index (κ3) is 6.36. The minimum Gasteiger partial charge on any atom is -0.494 e. The molecular weight excluding hydrogens is 517 g/mol. The molecule has 0 atom stereocenters. The molecule has 1 amide bonds. The Kier molecular flexibility index (Phi) is 8.85. The average molecular weight is 553 g/mol. The lowest BCUT2D eigenvalue weighted by Gasteiger charge is -2.32. The van der Waals surface area contributed by atoms with Gasteiger partial charge in [0, 0.05) is 69.6 Å². The molecule has 0 saturated carbocycles. The number of benzene rings is 3. The summed E-state index contributed by atoms with van der Waals surface area (Å²) in [5.74, 6) is 0.0834. The number of H-pyrrole nitrogens is 1. The van der Waals surface area contributed by atoms with Crippen LogP contribution in [0.2, 0.25) is 0 Å². The van der Waals surface area contributed by atoms with Gasteiger partial charge in [0.05, 0.1) is 23.5 Å². The highest BCUT2D eigenvalue weighted by molar-refractivity contribution is 6.61. The molecular formula is C31H36BN5O4. The summed E-state index contributed by atoms with van der Waals surface area (Å²) < 4.78 is 10.8. The molecule has 10 heteroatoms. The lowest BCUT2D eigenvalue weighted by molar-refractivity contribution is -0.119. The second-order valence-corrected chi connectivity index (χ2v) is 10.3. The minimum atomic E-state index is -0.513. The first kappa shape index (κ1) is 28.6. The van der Waals surface area contributed by atoms with Gasteiger partial charge in [-0.25, -0.2) is 4.99 Å². The summed E-state index contributed by atoms with van der Waals surface area (Å²) >= 11 is 0. The van der Waals surface area contributed by atoms with Crippen LogP contribution in [0, 0.1) is 0 Å². The van der Waals surface area contributed by atoms with E-state index >= 15 is 0 Å². The van der Waals surface area contributed by atoms with E-state index < -0.39 is 7.12 Å². The number of amides is 1. The number of aromatic amines is 1. The van der Waals surface area contributed by atoms with Crippen molar-refractivity contribution in [3.8, 4) is 5.88 Å². The number of nitrogens with zero attached hydrogens (tertiary/aromatic N) is 4. The summed E-state index contributed by atoms with van der Waals surface area (Å²) in [6.07, 6.45) is 0. The minimum absolute atomic E-state index is 0.0250. The van der Waals surface area contributed by atoms with Crippen LogP contribution in [0.3, 0.4) is 0 Å². The third-order valence-corrected chi connectivity index (χ3v) is 7.59. The van der Waals surface area contributed by atoms with Crippen molar-refractivity contribution < 1.29 is 19.2 Å². The Morgan fingerprint density at radius 3 is 2.34 bits per heavy atom. The van der Waals surface area contributed by atoms with Crippen molar-refractivity contribution in [1.82, 2.24) is 14.8 Å². The monoisotopic (exact) mass is 553 g/mol. The number of piperazine rings is 1. The molecule has 1 aliphatic rings. The zero-order chi connectivity index (χ0) is 28.9.